The van der Waals surface area contributed by atoms with Gasteiger partial charge in [-0.3, -0.25) is 9.69 Å². The van der Waals surface area contributed by atoms with Crippen LogP contribution in [0.4, 0.5) is 0 Å². The maximum Gasteiger partial charge on any atom is 0.222 e. The minimum atomic E-state index is -0.204. The molecule has 0 spiro atoms. The van der Waals surface area contributed by atoms with Crippen molar-refractivity contribution in [3.05, 3.63) is 0 Å². The first-order chi connectivity index (χ1) is 9.25. The predicted molar refractivity (Wildman–Crippen MR) is 83.7 cm³/mol. The fraction of sp³-hybridized carbons (Fsp3) is 0.933. The molecule has 0 rings (SSSR count). The minimum absolute atomic E-state index is 0.0543. The molecule has 2 unspecified atom stereocenters. The van der Waals surface area contributed by atoms with Crippen LogP contribution in [0.2, 0.25) is 0 Å². The van der Waals surface area contributed by atoms with E-state index in [2.05, 4.69) is 24.1 Å². The smallest absolute Gasteiger partial charge is 0.222 e. The molecule has 0 saturated carbocycles. The van der Waals surface area contributed by atoms with Crippen molar-refractivity contribution in [2.75, 3.05) is 26.8 Å². The SMILES string of the molecule is CCC(C)N(CCOC)C(CN)CC(=O)NC(C)(C)C. The molecule has 3 N–H and O–H groups in total. The number of ether oxygens (including phenoxy) is 1. The number of methoxy groups -OCH3 is 1. The standard InChI is InChI=1S/C15H33N3O2/c1-7-12(2)18(8-9-20-6)13(11-16)10-14(19)17-15(3,4)5/h12-13H,7-11,16H2,1-6H3,(H,17,19). The zero-order valence-corrected chi connectivity index (χ0v) is 14.0. The van der Waals surface area contributed by atoms with Gasteiger partial charge in [-0.1, -0.05) is 6.92 Å². The van der Waals surface area contributed by atoms with Gasteiger partial charge in [-0.25, -0.2) is 0 Å². The molecule has 0 aliphatic heterocycles. The molecule has 0 aromatic rings. The summed E-state index contributed by atoms with van der Waals surface area (Å²) in [5.41, 5.74) is 5.68. The highest BCUT2D eigenvalue weighted by Crippen LogP contribution is 2.12. The Kier molecular flexibility index (Phi) is 9.01. The molecule has 5 nitrogen and oxygen atoms in total. The number of carbonyl (C=O) groups excluding carboxylic acids is 1. The summed E-state index contributed by atoms with van der Waals surface area (Å²) in [7, 11) is 1.69. The first-order valence-electron chi connectivity index (χ1n) is 7.50. The molecular formula is C15H33N3O2. The van der Waals surface area contributed by atoms with E-state index in [0.29, 0.717) is 25.6 Å². The minimum Gasteiger partial charge on any atom is -0.383 e. The van der Waals surface area contributed by atoms with Gasteiger partial charge in [0.15, 0.2) is 0 Å². The van der Waals surface area contributed by atoms with Gasteiger partial charge in [0.1, 0.15) is 0 Å². The lowest BCUT2D eigenvalue weighted by Crippen LogP contribution is -2.50. The first kappa shape index (κ1) is 19.4. The van der Waals surface area contributed by atoms with E-state index in [9.17, 15) is 4.79 Å². The normalized spacial score (nSPS) is 15.2. The van der Waals surface area contributed by atoms with Gasteiger partial charge in [0.25, 0.3) is 0 Å². The van der Waals surface area contributed by atoms with Gasteiger partial charge in [-0.05, 0) is 34.1 Å². The van der Waals surface area contributed by atoms with Crippen LogP contribution in [0.25, 0.3) is 0 Å². The van der Waals surface area contributed by atoms with Crippen molar-refractivity contribution in [2.24, 2.45) is 5.73 Å². The van der Waals surface area contributed by atoms with Crippen molar-refractivity contribution in [3.8, 4) is 0 Å². The highest BCUT2D eigenvalue weighted by Gasteiger charge is 2.25. The number of nitrogens with two attached hydrogens (primary N) is 1. The third-order valence-corrected chi connectivity index (χ3v) is 3.39. The van der Waals surface area contributed by atoms with Crippen LogP contribution in [-0.2, 0) is 9.53 Å². The van der Waals surface area contributed by atoms with Gasteiger partial charge in [-0.15, -0.1) is 0 Å². The van der Waals surface area contributed by atoms with Crippen molar-refractivity contribution in [2.45, 2.75) is 65.1 Å². The number of nitrogens with zero attached hydrogens (tertiary/aromatic N) is 1. The van der Waals surface area contributed by atoms with Crippen LogP contribution >= 0.6 is 0 Å². The molecule has 0 bridgehead atoms. The molecule has 2 atom stereocenters. The molecular weight excluding hydrogens is 254 g/mol. The topological polar surface area (TPSA) is 67.6 Å². The van der Waals surface area contributed by atoms with Crippen LogP contribution in [0.1, 0.15) is 47.5 Å². The molecule has 0 aliphatic carbocycles. The van der Waals surface area contributed by atoms with Gasteiger partial charge < -0.3 is 15.8 Å². The molecule has 1 amide bonds. The van der Waals surface area contributed by atoms with Gasteiger partial charge in [0.2, 0.25) is 5.91 Å². The number of hydrogen-bond acceptors (Lipinski definition) is 4. The summed E-state index contributed by atoms with van der Waals surface area (Å²) < 4.78 is 5.16. The first-order valence-corrected chi connectivity index (χ1v) is 7.50. The van der Waals surface area contributed by atoms with Crippen LogP contribution in [-0.4, -0.2) is 55.2 Å². The molecule has 0 aliphatic rings. The average Bonchev–Trinajstić information content (AvgIpc) is 2.34. The Morgan fingerprint density at radius 2 is 2.00 bits per heavy atom. The average molecular weight is 287 g/mol. The Labute approximate surface area is 124 Å². The Balaban J connectivity index is 4.68. The zero-order chi connectivity index (χ0) is 15.8. The van der Waals surface area contributed by atoms with Crippen molar-refractivity contribution in [1.29, 1.82) is 0 Å². The molecule has 0 aromatic carbocycles. The molecule has 0 fully saturated rings. The van der Waals surface area contributed by atoms with E-state index in [4.69, 9.17) is 10.5 Å². The van der Waals surface area contributed by atoms with Gasteiger partial charge in [0.05, 0.1) is 6.61 Å². The molecule has 20 heavy (non-hydrogen) atoms. The number of hydrogen-bond donors (Lipinski definition) is 2. The Bertz CT molecular complexity index is 277. The second-order valence-electron chi connectivity index (χ2n) is 6.38. The maximum atomic E-state index is 12.1. The molecule has 0 saturated heterocycles. The van der Waals surface area contributed by atoms with Crippen molar-refractivity contribution in [1.82, 2.24) is 10.2 Å². The summed E-state index contributed by atoms with van der Waals surface area (Å²) >= 11 is 0. The van der Waals surface area contributed by atoms with E-state index in [1.807, 2.05) is 20.8 Å². The van der Waals surface area contributed by atoms with Gasteiger partial charge >= 0.3 is 0 Å². The summed E-state index contributed by atoms with van der Waals surface area (Å²) in [5.74, 6) is 0.0543. The Morgan fingerprint density at radius 3 is 2.40 bits per heavy atom. The molecule has 0 heterocycles. The lowest BCUT2D eigenvalue weighted by atomic mass is 10.1. The third kappa shape index (κ3) is 7.82. The molecule has 5 heteroatoms. The van der Waals surface area contributed by atoms with E-state index in [1.165, 1.54) is 0 Å². The largest absolute Gasteiger partial charge is 0.383 e. The summed E-state index contributed by atoms with van der Waals surface area (Å²) in [6.45, 7) is 12.2. The van der Waals surface area contributed by atoms with Gasteiger partial charge in [-0.2, -0.15) is 0 Å². The predicted octanol–water partition coefficient (Wildman–Crippen LogP) is 1.37. The monoisotopic (exact) mass is 287 g/mol. The van der Waals surface area contributed by atoms with Crippen LogP contribution in [0.3, 0.4) is 0 Å². The van der Waals surface area contributed by atoms with E-state index in [0.717, 1.165) is 13.0 Å². The second-order valence-corrected chi connectivity index (χ2v) is 6.38. The summed E-state index contributed by atoms with van der Waals surface area (Å²) in [6.07, 6.45) is 1.46. The highest BCUT2D eigenvalue weighted by molar-refractivity contribution is 5.77. The van der Waals surface area contributed by atoms with Crippen LogP contribution in [0.15, 0.2) is 0 Å². The van der Waals surface area contributed by atoms with Crippen molar-refractivity contribution >= 4 is 5.91 Å². The van der Waals surface area contributed by atoms with E-state index in [-0.39, 0.29) is 17.5 Å². The molecule has 0 radical (unpaired) electrons. The van der Waals surface area contributed by atoms with E-state index >= 15 is 0 Å². The maximum absolute atomic E-state index is 12.1. The number of rotatable bonds is 9. The summed E-state index contributed by atoms with van der Waals surface area (Å²) in [6, 6.07) is 0.448. The molecule has 0 aromatic heterocycles. The van der Waals surface area contributed by atoms with E-state index in [1.54, 1.807) is 7.11 Å². The molecule has 120 valence electrons. The Morgan fingerprint density at radius 1 is 1.40 bits per heavy atom. The summed E-state index contributed by atoms with van der Waals surface area (Å²) in [4.78, 5) is 14.4. The quantitative estimate of drug-likeness (QED) is 0.672. The highest BCUT2D eigenvalue weighted by atomic mass is 16.5. The number of amides is 1. The number of nitrogens with one attached hydrogen (secondary N) is 1. The second kappa shape index (κ2) is 9.32. The van der Waals surface area contributed by atoms with Gasteiger partial charge in [0, 0.05) is 44.2 Å². The Hall–Kier alpha value is -0.650. The van der Waals surface area contributed by atoms with Crippen LogP contribution in [0, 0.1) is 0 Å². The lowest BCUT2D eigenvalue weighted by molar-refractivity contribution is -0.124. The summed E-state index contributed by atoms with van der Waals surface area (Å²) in [5, 5.41) is 3.00. The number of carbonyl (C=O) groups is 1. The van der Waals surface area contributed by atoms with Crippen LogP contribution in [0.5, 0.6) is 0 Å². The van der Waals surface area contributed by atoms with Crippen molar-refractivity contribution < 1.29 is 9.53 Å². The zero-order valence-electron chi connectivity index (χ0n) is 14.0. The van der Waals surface area contributed by atoms with E-state index < -0.39 is 0 Å². The lowest BCUT2D eigenvalue weighted by Gasteiger charge is -2.35. The van der Waals surface area contributed by atoms with Crippen LogP contribution < -0.4 is 11.1 Å². The third-order valence-electron chi connectivity index (χ3n) is 3.39. The van der Waals surface area contributed by atoms with Crippen molar-refractivity contribution in [3.63, 3.8) is 0 Å². The fourth-order valence-electron chi connectivity index (χ4n) is 2.21. The fourth-order valence-corrected chi connectivity index (χ4v) is 2.21.